The first-order valence-corrected chi connectivity index (χ1v) is 12.3. The first kappa shape index (κ1) is 25.5. The molecule has 4 heteroatoms. The summed E-state index contributed by atoms with van der Waals surface area (Å²) < 4.78 is 5.81. The molecule has 0 aliphatic carbocycles. The van der Waals surface area contributed by atoms with Gasteiger partial charge in [-0.3, -0.25) is 4.79 Å². The van der Waals surface area contributed by atoms with E-state index in [0.717, 1.165) is 12.2 Å². The van der Waals surface area contributed by atoms with Crippen molar-refractivity contribution in [3.05, 3.63) is 59.7 Å². The van der Waals surface area contributed by atoms with Gasteiger partial charge in [0, 0.05) is 11.3 Å². The SMILES string of the molecule is CCCCCCCCCCCCCCOc1ccc(C(=O)Nc2ccc(C#N)cc2)cc1. The zero-order chi connectivity index (χ0) is 22.9. The van der Waals surface area contributed by atoms with Gasteiger partial charge in [-0.1, -0.05) is 77.6 Å². The largest absolute Gasteiger partial charge is 0.494 e. The van der Waals surface area contributed by atoms with Gasteiger partial charge in [0.1, 0.15) is 5.75 Å². The quantitative estimate of drug-likeness (QED) is 0.273. The van der Waals surface area contributed by atoms with Crippen LogP contribution in [0.5, 0.6) is 5.75 Å². The number of hydrogen-bond donors (Lipinski definition) is 1. The van der Waals surface area contributed by atoms with Gasteiger partial charge >= 0.3 is 0 Å². The van der Waals surface area contributed by atoms with Crippen LogP contribution in [0, 0.1) is 11.3 Å². The van der Waals surface area contributed by atoms with E-state index in [2.05, 4.69) is 18.3 Å². The molecule has 0 aromatic heterocycles. The third-order valence-electron chi connectivity index (χ3n) is 5.65. The van der Waals surface area contributed by atoms with Crippen LogP contribution >= 0.6 is 0 Å². The van der Waals surface area contributed by atoms with Crippen molar-refractivity contribution >= 4 is 11.6 Å². The molecule has 0 radical (unpaired) electrons. The van der Waals surface area contributed by atoms with E-state index in [4.69, 9.17) is 10.00 Å². The summed E-state index contributed by atoms with van der Waals surface area (Å²) in [6.07, 6.45) is 16.0. The highest BCUT2D eigenvalue weighted by Gasteiger charge is 2.06. The molecule has 2 aromatic carbocycles. The Morgan fingerprint density at radius 1 is 0.781 bits per heavy atom. The van der Waals surface area contributed by atoms with E-state index in [1.54, 1.807) is 36.4 Å². The van der Waals surface area contributed by atoms with Gasteiger partial charge in [-0.05, 0) is 55.0 Å². The first-order valence-electron chi connectivity index (χ1n) is 12.3. The maximum atomic E-state index is 12.3. The van der Waals surface area contributed by atoms with Crippen molar-refractivity contribution in [3.8, 4) is 11.8 Å². The molecule has 4 nitrogen and oxygen atoms in total. The second-order valence-corrected chi connectivity index (χ2v) is 8.41. The Bertz CT molecular complexity index is 807. The topological polar surface area (TPSA) is 62.1 Å². The maximum absolute atomic E-state index is 12.3. The predicted octanol–water partition coefficient (Wildman–Crippen LogP) is 7.89. The van der Waals surface area contributed by atoms with Crippen molar-refractivity contribution < 1.29 is 9.53 Å². The number of nitrogens with zero attached hydrogens (tertiary/aromatic N) is 1. The smallest absolute Gasteiger partial charge is 0.255 e. The van der Waals surface area contributed by atoms with Gasteiger partial charge in [-0.2, -0.15) is 5.26 Å². The van der Waals surface area contributed by atoms with Crippen LogP contribution in [-0.4, -0.2) is 12.5 Å². The molecular weight excluding hydrogens is 396 g/mol. The van der Waals surface area contributed by atoms with Crippen LogP contribution in [0.3, 0.4) is 0 Å². The van der Waals surface area contributed by atoms with Crippen LogP contribution in [0.4, 0.5) is 5.69 Å². The molecule has 0 unspecified atom stereocenters. The number of ether oxygens (including phenoxy) is 1. The predicted molar refractivity (Wildman–Crippen MR) is 132 cm³/mol. The number of carbonyl (C=O) groups is 1. The minimum absolute atomic E-state index is 0.179. The third-order valence-corrected chi connectivity index (χ3v) is 5.65. The van der Waals surface area contributed by atoms with Gasteiger partial charge in [-0.15, -0.1) is 0 Å². The van der Waals surface area contributed by atoms with Crippen molar-refractivity contribution in [1.29, 1.82) is 5.26 Å². The average Bonchev–Trinajstić information content (AvgIpc) is 2.83. The summed E-state index contributed by atoms with van der Waals surface area (Å²) in [6.45, 7) is 2.98. The summed E-state index contributed by atoms with van der Waals surface area (Å²) in [6, 6.07) is 16.1. The van der Waals surface area contributed by atoms with Crippen LogP contribution in [0.1, 0.15) is 99.9 Å². The van der Waals surface area contributed by atoms with E-state index in [1.165, 1.54) is 70.6 Å². The van der Waals surface area contributed by atoms with E-state index < -0.39 is 0 Å². The lowest BCUT2D eigenvalue weighted by Crippen LogP contribution is -2.11. The summed E-state index contributed by atoms with van der Waals surface area (Å²) in [5.41, 5.74) is 1.81. The zero-order valence-corrected chi connectivity index (χ0v) is 19.6. The molecule has 172 valence electrons. The number of anilines is 1. The average molecular weight is 435 g/mol. The van der Waals surface area contributed by atoms with Crippen LogP contribution < -0.4 is 10.1 Å². The van der Waals surface area contributed by atoms with Gasteiger partial charge in [-0.25, -0.2) is 0 Å². The van der Waals surface area contributed by atoms with E-state index in [-0.39, 0.29) is 5.91 Å². The van der Waals surface area contributed by atoms with Crippen LogP contribution in [0.2, 0.25) is 0 Å². The molecule has 32 heavy (non-hydrogen) atoms. The first-order chi connectivity index (χ1) is 15.7. The molecule has 1 N–H and O–H groups in total. The Balaban J connectivity index is 1.52. The van der Waals surface area contributed by atoms with E-state index in [9.17, 15) is 4.79 Å². The molecule has 1 amide bonds. The second-order valence-electron chi connectivity index (χ2n) is 8.41. The Hall–Kier alpha value is -2.80. The number of nitrogens with one attached hydrogen (secondary N) is 1. The minimum atomic E-state index is -0.179. The summed E-state index contributed by atoms with van der Waals surface area (Å²) in [5, 5.41) is 11.7. The van der Waals surface area contributed by atoms with E-state index >= 15 is 0 Å². The van der Waals surface area contributed by atoms with E-state index in [1.807, 2.05) is 12.1 Å². The molecule has 2 rings (SSSR count). The number of hydrogen-bond acceptors (Lipinski definition) is 3. The lowest BCUT2D eigenvalue weighted by Gasteiger charge is -2.08. The highest BCUT2D eigenvalue weighted by Crippen LogP contribution is 2.16. The fraction of sp³-hybridized carbons (Fsp3) is 0.500. The normalized spacial score (nSPS) is 10.5. The Labute approximate surface area is 194 Å². The number of unbranched alkanes of at least 4 members (excludes halogenated alkanes) is 11. The maximum Gasteiger partial charge on any atom is 0.255 e. The molecular formula is C28H38N2O2. The lowest BCUT2D eigenvalue weighted by molar-refractivity contribution is 0.102. The fourth-order valence-electron chi connectivity index (χ4n) is 3.67. The van der Waals surface area contributed by atoms with Crippen molar-refractivity contribution in [2.75, 3.05) is 11.9 Å². The monoisotopic (exact) mass is 434 g/mol. The van der Waals surface area contributed by atoms with Crippen molar-refractivity contribution in [2.45, 2.75) is 84.0 Å². The number of benzene rings is 2. The van der Waals surface area contributed by atoms with Gasteiger partial charge in [0.2, 0.25) is 0 Å². The molecule has 0 bridgehead atoms. The van der Waals surface area contributed by atoms with Gasteiger partial charge < -0.3 is 10.1 Å². The molecule has 2 aromatic rings. The zero-order valence-electron chi connectivity index (χ0n) is 19.6. The number of rotatable bonds is 16. The van der Waals surface area contributed by atoms with Gasteiger partial charge in [0.05, 0.1) is 18.2 Å². The summed E-state index contributed by atoms with van der Waals surface area (Å²) in [4.78, 5) is 12.3. The lowest BCUT2D eigenvalue weighted by atomic mass is 10.1. The van der Waals surface area contributed by atoms with Gasteiger partial charge in [0.25, 0.3) is 5.91 Å². The number of nitriles is 1. The summed E-state index contributed by atoms with van der Waals surface area (Å²) >= 11 is 0. The number of amides is 1. The Morgan fingerprint density at radius 2 is 1.31 bits per heavy atom. The summed E-state index contributed by atoms with van der Waals surface area (Å²) in [7, 11) is 0. The highest BCUT2D eigenvalue weighted by molar-refractivity contribution is 6.04. The Kier molecular flexibility index (Phi) is 12.7. The Morgan fingerprint density at radius 3 is 1.84 bits per heavy atom. The molecule has 0 atom stereocenters. The molecule has 0 saturated heterocycles. The molecule has 0 fully saturated rings. The molecule has 0 spiro atoms. The molecule has 0 heterocycles. The van der Waals surface area contributed by atoms with Crippen LogP contribution in [0.25, 0.3) is 0 Å². The number of carbonyl (C=O) groups excluding carboxylic acids is 1. The third kappa shape index (κ3) is 10.5. The van der Waals surface area contributed by atoms with Crippen molar-refractivity contribution in [3.63, 3.8) is 0 Å². The molecule has 0 aliphatic heterocycles. The van der Waals surface area contributed by atoms with Gasteiger partial charge in [0.15, 0.2) is 0 Å². The second kappa shape index (κ2) is 15.9. The fourth-order valence-corrected chi connectivity index (χ4v) is 3.67. The minimum Gasteiger partial charge on any atom is -0.494 e. The van der Waals surface area contributed by atoms with Crippen molar-refractivity contribution in [1.82, 2.24) is 0 Å². The van der Waals surface area contributed by atoms with E-state index in [0.29, 0.717) is 23.4 Å². The van der Waals surface area contributed by atoms with Crippen LogP contribution in [-0.2, 0) is 0 Å². The summed E-state index contributed by atoms with van der Waals surface area (Å²) in [5.74, 6) is 0.616. The van der Waals surface area contributed by atoms with Crippen LogP contribution in [0.15, 0.2) is 48.5 Å². The van der Waals surface area contributed by atoms with Crippen molar-refractivity contribution in [2.24, 2.45) is 0 Å². The molecule has 0 saturated carbocycles. The molecule has 0 aliphatic rings. The standard InChI is InChI=1S/C28H38N2O2/c1-2-3-4-5-6-7-8-9-10-11-12-13-22-32-27-20-16-25(17-21-27)28(31)30-26-18-14-24(23-29)15-19-26/h14-21H,2-13,22H2,1H3,(H,30,31). The highest BCUT2D eigenvalue weighted by atomic mass is 16.5.